The number of halogens is 1. The highest BCUT2D eigenvalue weighted by Gasteiger charge is 2.26. The largest absolute Gasteiger partial charge is 0.350 e. The number of hydrogen-bond donors (Lipinski definition) is 1. The minimum atomic E-state index is -0.328. The van der Waals surface area contributed by atoms with Gasteiger partial charge < -0.3 is 10.2 Å². The zero-order valence-corrected chi connectivity index (χ0v) is 15.4. The van der Waals surface area contributed by atoms with Crippen LogP contribution >= 0.6 is 0 Å². The summed E-state index contributed by atoms with van der Waals surface area (Å²) in [5.74, 6) is -0.496. The average Bonchev–Trinajstić information content (AvgIpc) is 3.37. The quantitative estimate of drug-likeness (QED) is 0.740. The Kier molecular flexibility index (Phi) is 5.06. The second-order valence-corrected chi connectivity index (χ2v) is 6.87. The van der Waals surface area contributed by atoms with Gasteiger partial charge in [0.05, 0.1) is 5.52 Å². The van der Waals surface area contributed by atoms with Gasteiger partial charge in [-0.05, 0) is 49.1 Å². The Morgan fingerprint density at radius 1 is 1.07 bits per heavy atom. The molecule has 7 heteroatoms. The van der Waals surface area contributed by atoms with Crippen LogP contribution in [0.5, 0.6) is 0 Å². The van der Waals surface area contributed by atoms with E-state index in [1.165, 1.54) is 12.1 Å². The lowest BCUT2D eigenvalue weighted by molar-refractivity contribution is 0.0780. The molecule has 1 fully saturated rings. The van der Waals surface area contributed by atoms with Gasteiger partial charge in [0.25, 0.3) is 11.8 Å². The Hall–Kier alpha value is -3.22. The highest BCUT2D eigenvalue weighted by atomic mass is 19.1. The molecule has 3 aromatic rings. The summed E-state index contributed by atoms with van der Waals surface area (Å²) >= 11 is 0. The van der Waals surface area contributed by atoms with E-state index < -0.39 is 0 Å². The third-order valence-electron chi connectivity index (χ3n) is 4.96. The monoisotopic (exact) mass is 380 g/mol. The normalized spacial score (nSPS) is 13.8. The molecule has 0 saturated carbocycles. The van der Waals surface area contributed by atoms with Crippen LogP contribution in [0.2, 0.25) is 0 Å². The van der Waals surface area contributed by atoms with Crippen molar-refractivity contribution in [3.8, 4) is 0 Å². The van der Waals surface area contributed by atoms with Crippen molar-refractivity contribution in [2.24, 2.45) is 0 Å². The summed E-state index contributed by atoms with van der Waals surface area (Å²) in [5.41, 5.74) is 1.77. The Bertz CT molecular complexity index is 1010. The van der Waals surface area contributed by atoms with Crippen LogP contribution in [0.25, 0.3) is 5.52 Å². The van der Waals surface area contributed by atoms with Gasteiger partial charge in [0.15, 0.2) is 5.69 Å². The van der Waals surface area contributed by atoms with Gasteiger partial charge in [-0.15, -0.1) is 0 Å². The lowest BCUT2D eigenvalue weighted by atomic mass is 10.1. The minimum Gasteiger partial charge on any atom is -0.350 e. The van der Waals surface area contributed by atoms with Crippen molar-refractivity contribution in [1.82, 2.24) is 19.6 Å². The van der Waals surface area contributed by atoms with Gasteiger partial charge in [-0.25, -0.2) is 9.37 Å². The highest BCUT2D eigenvalue weighted by Crippen LogP contribution is 2.17. The molecule has 2 aromatic heterocycles. The molecule has 3 heterocycles. The minimum absolute atomic E-state index is 0.149. The number of imidazole rings is 1. The number of nitrogens with one attached hydrogen (secondary N) is 1. The molecule has 1 aromatic carbocycles. The van der Waals surface area contributed by atoms with E-state index in [1.54, 1.807) is 33.7 Å². The van der Waals surface area contributed by atoms with Crippen LogP contribution in [-0.2, 0) is 6.42 Å². The molecular formula is C21H21FN4O2. The number of hydrogen-bond acceptors (Lipinski definition) is 3. The van der Waals surface area contributed by atoms with Crippen LogP contribution in [0.3, 0.4) is 0 Å². The maximum Gasteiger partial charge on any atom is 0.290 e. The standard InChI is InChI=1S/C21H21FN4O2/c22-16-8-6-15(7-9-16)10-11-23-20(27)18-17-5-1-2-14-26(17)19(24-18)21(28)25-12-3-4-13-25/h1-2,5-9,14H,3-4,10-13H2,(H,23,27). The fourth-order valence-electron chi connectivity index (χ4n) is 3.47. The number of benzene rings is 1. The number of carbonyl (C=O) groups is 2. The molecule has 1 N–H and O–H groups in total. The van der Waals surface area contributed by atoms with Crippen LogP contribution in [0.1, 0.15) is 39.5 Å². The molecule has 0 bridgehead atoms. The zero-order valence-electron chi connectivity index (χ0n) is 15.4. The maximum atomic E-state index is 13.0. The highest BCUT2D eigenvalue weighted by molar-refractivity contribution is 6.02. The molecule has 0 aliphatic carbocycles. The molecule has 1 aliphatic rings. The van der Waals surface area contributed by atoms with Crippen LogP contribution in [0.4, 0.5) is 4.39 Å². The summed E-state index contributed by atoms with van der Waals surface area (Å²) in [6.45, 7) is 1.84. The number of pyridine rings is 1. The van der Waals surface area contributed by atoms with E-state index in [9.17, 15) is 14.0 Å². The predicted octanol–water partition coefficient (Wildman–Crippen LogP) is 2.68. The van der Waals surface area contributed by atoms with Crippen LogP contribution in [-0.4, -0.2) is 45.7 Å². The van der Waals surface area contributed by atoms with E-state index in [2.05, 4.69) is 10.3 Å². The van der Waals surface area contributed by atoms with Crippen molar-refractivity contribution in [3.05, 3.63) is 71.6 Å². The van der Waals surface area contributed by atoms with Gasteiger partial charge in [-0.3, -0.25) is 14.0 Å². The molecule has 1 aliphatic heterocycles. The second-order valence-electron chi connectivity index (χ2n) is 6.87. The van der Waals surface area contributed by atoms with Gasteiger partial charge in [0, 0.05) is 25.8 Å². The van der Waals surface area contributed by atoms with Crippen LogP contribution in [0.15, 0.2) is 48.7 Å². The van der Waals surface area contributed by atoms with E-state index in [0.717, 1.165) is 31.5 Å². The SMILES string of the molecule is O=C(NCCc1ccc(F)cc1)c1nc(C(=O)N2CCCC2)n2ccccc12. The van der Waals surface area contributed by atoms with E-state index in [4.69, 9.17) is 0 Å². The van der Waals surface area contributed by atoms with Gasteiger partial charge in [0.2, 0.25) is 5.82 Å². The first-order valence-corrected chi connectivity index (χ1v) is 9.42. The van der Waals surface area contributed by atoms with E-state index in [1.807, 2.05) is 12.1 Å². The molecule has 144 valence electrons. The van der Waals surface area contributed by atoms with Crippen LogP contribution in [0, 0.1) is 5.82 Å². The zero-order chi connectivity index (χ0) is 19.5. The third kappa shape index (κ3) is 3.60. The molecule has 0 spiro atoms. The van der Waals surface area contributed by atoms with Crippen molar-refractivity contribution in [2.45, 2.75) is 19.3 Å². The summed E-state index contributed by atoms with van der Waals surface area (Å²) in [6, 6.07) is 11.6. The van der Waals surface area contributed by atoms with E-state index >= 15 is 0 Å². The molecule has 1 saturated heterocycles. The number of nitrogens with zero attached hydrogens (tertiary/aromatic N) is 3. The summed E-state index contributed by atoms with van der Waals surface area (Å²) in [6.07, 6.45) is 4.32. The predicted molar refractivity (Wildman–Crippen MR) is 103 cm³/mol. The molecule has 0 atom stereocenters. The smallest absolute Gasteiger partial charge is 0.290 e. The second kappa shape index (κ2) is 7.80. The van der Waals surface area contributed by atoms with Crippen molar-refractivity contribution < 1.29 is 14.0 Å². The number of aromatic nitrogens is 2. The number of carbonyl (C=O) groups excluding carboxylic acids is 2. The lowest BCUT2D eigenvalue weighted by Gasteiger charge is -2.13. The first-order valence-electron chi connectivity index (χ1n) is 9.42. The van der Waals surface area contributed by atoms with Gasteiger partial charge in [-0.1, -0.05) is 18.2 Å². The molecule has 2 amide bonds. The molecular weight excluding hydrogens is 359 g/mol. The number of fused-ring (bicyclic) bond motifs is 1. The number of rotatable bonds is 5. The maximum absolute atomic E-state index is 13.0. The average molecular weight is 380 g/mol. The fourth-order valence-corrected chi connectivity index (χ4v) is 3.47. The van der Waals surface area contributed by atoms with Gasteiger partial charge >= 0.3 is 0 Å². The first-order chi connectivity index (χ1) is 13.6. The lowest BCUT2D eigenvalue weighted by Crippen LogP contribution is -2.29. The van der Waals surface area contributed by atoms with Gasteiger partial charge in [0.1, 0.15) is 5.82 Å². The first kappa shape index (κ1) is 18.2. The molecule has 0 unspecified atom stereocenters. The van der Waals surface area contributed by atoms with Crippen molar-refractivity contribution >= 4 is 17.3 Å². The van der Waals surface area contributed by atoms with E-state index in [0.29, 0.717) is 18.5 Å². The summed E-state index contributed by atoms with van der Waals surface area (Å²) in [7, 11) is 0. The Morgan fingerprint density at radius 3 is 2.57 bits per heavy atom. The molecule has 0 radical (unpaired) electrons. The topological polar surface area (TPSA) is 66.7 Å². The van der Waals surface area contributed by atoms with Crippen molar-refractivity contribution in [3.63, 3.8) is 0 Å². The summed E-state index contributed by atoms with van der Waals surface area (Å²) in [4.78, 5) is 31.6. The fraction of sp³-hybridized carbons (Fsp3) is 0.286. The Morgan fingerprint density at radius 2 is 1.82 bits per heavy atom. The number of amides is 2. The van der Waals surface area contributed by atoms with E-state index in [-0.39, 0.29) is 29.1 Å². The third-order valence-corrected chi connectivity index (χ3v) is 4.96. The van der Waals surface area contributed by atoms with Crippen molar-refractivity contribution in [2.75, 3.05) is 19.6 Å². The Balaban J connectivity index is 1.51. The Labute approximate surface area is 162 Å². The summed E-state index contributed by atoms with van der Waals surface area (Å²) in [5, 5.41) is 2.84. The molecule has 6 nitrogen and oxygen atoms in total. The molecule has 28 heavy (non-hydrogen) atoms. The van der Waals surface area contributed by atoms with Gasteiger partial charge in [-0.2, -0.15) is 0 Å². The number of likely N-dealkylation sites (tertiary alicyclic amines) is 1. The van der Waals surface area contributed by atoms with Crippen LogP contribution < -0.4 is 5.32 Å². The van der Waals surface area contributed by atoms with Crippen molar-refractivity contribution in [1.29, 1.82) is 0 Å². The summed E-state index contributed by atoms with van der Waals surface area (Å²) < 4.78 is 14.7. The molecule has 4 rings (SSSR count).